The fraction of sp³-hybridized carbons (Fsp3) is 0.143. The first kappa shape index (κ1) is 29.6. The SMILES string of the molecule is CC(C)(C)OC(=O)Nc1cccc(-c2noc(-c3sc(NC(c4ccccc4)(c4ccccc4)c4ccccc4)nc3N)n2)c1. The maximum atomic E-state index is 12.3. The first-order chi connectivity index (χ1) is 21.7. The number of benzene rings is 4. The average Bonchev–Trinajstić information content (AvgIpc) is 3.67. The molecule has 9 nitrogen and oxygen atoms in total. The van der Waals surface area contributed by atoms with Gasteiger partial charge in [-0.05, 0) is 49.6 Å². The number of rotatable bonds is 8. The Morgan fingerprint density at radius 2 is 1.38 bits per heavy atom. The molecule has 0 saturated carbocycles. The number of thiazole rings is 1. The van der Waals surface area contributed by atoms with Crippen LogP contribution in [0, 0.1) is 0 Å². The zero-order valence-electron chi connectivity index (χ0n) is 25.0. The molecule has 226 valence electrons. The molecule has 0 aliphatic carbocycles. The van der Waals surface area contributed by atoms with E-state index in [4.69, 9.17) is 20.0 Å². The quantitative estimate of drug-likeness (QED) is 0.146. The standard InChI is InChI=1S/C35H32N6O3S/c1-34(2,3)43-33(42)37-27-21-13-14-23(22-27)30-39-31(44-41-30)28-29(36)38-32(45-28)40-35(24-15-7-4-8-16-24,25-17-9-5-10-18-25)26-19-11-6-12-20-26/h4-22H,36H2,1-3H3,(H,37,42)(H,38,40). The molecule has 45 heavy (non-hydrogen) atoms. The number of nitrogen functional groups attached to an aromatic ring is 1. The first-order valence-electron chi connectivity index (χ1n) is 14.4. The third-order valence-corrected chi connectivity index (χ3v) is 7.93. The van der Waals surface area contributed by atoms with Crippen molar-refractivity contribution in [3.63, 3.8) is 0 Å². The second-order valence-electron chi connectivity index (χ2n) is 11.3. The number of carbonyl (C=O) groups excluding carboxylic acids is 1. The van der Waals surface area contributed by atoms with E-state index >= 15 is 0 Å². The zero-order chi connectivity index (χ0) is 31.4. The molecule has 4 aromatic carbocycles. The molecule has 0 fully saturated rings. The van der Waals surface area contributed by atoms with Gasteiger partial charge in [0, 0.05) is 11.3 Å². The predicted molar refractivity (Wildman–Crippen MR) is 178 cm³/mol. The molecule has 0 radical (unpaired) electrons. The van der Waals surface area contributed by atoms with Gasteiger partial charge < -0.3 is 20.3 Å². The van der Waals surface area contributed by atoms with Crippen LogP contribution in [-0.4, -0.2) is 26.8 Å². The number of amides is 1. The summed E-state index contributed by atoms with van der Waals surface area (Å²) in [5, 5.41) is 11.2. The number of nitrogens with two attached hydrogens (primary N) is 1. The van der Waals surface area contributed by atoms with Crippen molar-refractivity contribution in [1.82, 2.24) is 15.1 Å². The highest BCUT2D eigenvalue weighted by Crippen LogP contribution is 2.43. The summed E-state index contributed by atoms with van der Waals surface area (Å²) in [6.45, 7) is 5.42. The van der Waals surface area contributed by atoms with Gasteiger partial charge in [0.25, 0.3) is 5.89 Å². The Bertz CT molecular complexity index is 1800. The molecule has 10 heteroatoms. The highest BCUT2D eigenvalue weighted by atomic mass is 32.1. The zero-order valence-corrected chi connectivity index (χ0v) is 25.8. The number of carbonyl (C=O) groups is 1. The molecule has 0 atom stereocenters. The van der Waals surface area contributed by atoms with E-state index in [0.29, 0.717) is 27.1 Å². The summed E-state index contributed by atoms with van der Waals surface area (Å²) in [6.07, 6.45) is -0.552. The highest BCUT2D eigenvalue weighted by Gasteiger charge is 2.37. The fourth-order valence-corrected chi connectivity index (χ4v) is 5.93. The molecular weight excluding hydrogens is 584 g/mol. The van der Waals surface area contributed by atoms with Gasteiger partial charge in [0.2, 0.25) is 5.82 Å². The molecule has 0 aliphatic heterocycles. The minimum Gasteiger partial charge on any atom is -0.444 e. The van der Waals surface area contributed by atoms with Crippen molar-refractivity contribution < 1.29 is 14.1 Å². The fourth-order valence-electron chi connectivity index (χ4n) is 5.07. The number of anilines is 3. The molecule has 2 heterocycles. The smallest absolute Gasteiger partial charge is 0.412 e. The second kappa shape index (κ2) is 12.3. The van der Waals surface area contributed by atoms with Crippen LogP contribution in [0.5, 0.6) is 0 Å². The summed E-state index contributed by atoms with van der Waals surface area (Å²) in [5.74, 6) is 0.844. The van der Waals surface area contributed by atoms with Crippen LogP contribution >= 0.6 is 11.3 Å². The van der Waals surface area contributed by atoms with Gasteiger partial charge in [-0.1, -0.05) is 120 Å². The lowest BCUT2D eigenvalue weighted by Gasteiger charge is -2.36. The summed E-state index contributed by atoms with van der Waals surface area (Å²) in [5.41, 5.74) is 9.38. The summed E-state index contributed by atoms with van der Waals surface area (Å²) < 4.78 is 11.0. The normalized spacial score (nSPS) is 11.6. The minimum atomic E-state index is -0.771. The molecule has 4 N–H and O–H groups in total. The van der Waals surface area contributed by atoms with Crippen LogP contribution < -0.4 is 16.4 Å². The maximum absolute atomic E-state index is 12.3. The maximum Gasteiger partial charge on any atom is 0.412 e. The second-order valence-corrected chi connectivity index (χ2v) is 12.3. The monoisotopic (exact) mass is 616 g/mol. The predicted octanol–water partition coefficient (Wildman–Crippen LogP) is 8.19. The number of aromatic nitrogens is 3. The van der Waals surface area contributed by atoms with E-state index < -0.39 is 17.2 Å². The van der Waals surface area contributed by atoms with Gasteiger partial charge >= 0.3 is 6.09 Å². The molecule has 0 unspecified atom stereocenters. The Balaban J connectivity index is 1.34. The van der Waals surface area contributed by atoms with Crippen molar-refractivity contribution in [2.45, 2.75) is 31.9 Å². The lowest BCUT2D eigenvalue weighted by atomic mass is 9.77. The Morgan fingerprint density at radius 1 is 0.800 bits per heavy atom. The van der Waals surface area contributed by atoms with Crippen molar-refractivity contribution in [1.29, 1.82) is 0 Å². The van der Waals surface area contributed by atoms with E-state index in [1.807, 2.05) is 60.7 Å². The van der Waals surface area contributed by atoms with Gasteiger partial charge in [-0.3, -0.25) is 5.32 Å². The van der Waals surface area contributed by atoms with Gasteiger partial charge in [0.15, 0.2) is 5.13 Å². The van der Waals surface area contributed by atoms with Gasteiger partial charge in [-0.2, -0.15) is 4.98 Å². The Morgan fingerprint density at radius 3 is 1.93 bits per heavy atom. The third kappa shape index (κ3) is 6.41. The third-order valence-electron chi connectivity index (χ3n) is 6.95. The van der Waals surface area contributed by atoms with Gasteiger partial charge in [0.05, 0.1) is 0 Å². The lowest BCUT2D eigenvalue weighted by Crippen LogP contribution is -2.38. The molecule has 6 aromatic rings. The number of nitrogens with one attached hydrogen (secondary N) is 2. The van der Waals surface area contributed by atoms with Crippen LogP contribution in [0.3, 0.4) is 0 Å². The number of ether oxygens (including phenoxy) is 1. The van der Waals surface area contributed by atoms with Crippen molar-refractivity contribution >= 4 is 34.1 Å². The van der Waals surface area contributed by atoms with Crippen LogP contribution in [0.15, 0.2) is 120 Å². The largest absolute Gasteiger partial charge is 0.444 e. The summed E-state index contributed by atoms with van der Waals surface area (Å²) in [4.78, 5) is 22.1. The van der Waals surface area contributed by atoms with Crippen LogP contribution in [-0.2, 0) is 10.3 Å². The Labute approximate surface area is 265 Å². The van der Waals surface area contributed by atoms with E-state index in [1.165, 1.54) is 11.3 Å². The van der Waals surface area contributed by atoms with Crippen molar-refractivity contribution in [2.24, 2.45) is 0 Å². The van der Waals surface area contributed by atoms with Crippen molar-refractivity contribution in [3.8, 4) is 22.2 Å². The Hall–Kier alpha value is -5.48. The van der Waals surface area contributed by atoms with Crippen LogP contribution in [0.25, 0.3) is 22.2 Å². The van der Waals surface area contributed by atoms with E-state index in [1.54, 1.807) is 39.0 Å². The van der Waals surface area contributed by atoms with Crippen molar-refractivity contribution in [2.75, 3.05) is 16.4 Å². The van der Waals surface area contributed by atoms with E-state index in [2.05, 4.69) is 57.2 Å². The first-order valence-corrected chi connectivity index (χ1v) is 15.2. The van der Waals surface area contributed by atoms with Gasteiger partial charge in [-0.25, -0.2) is 9.78 Å². The van der Waals surface area contributed by atoms with Gasteiger partial charge in [0.1, 0.15) is 21.8 Å². The lowest BCUT2D eigenvalue weighted by molar-refractivity contribution is 0.0636. The van der Waals surface area contributed by atoms with Crippen LogP contribution in [0.1, 0.15) is 37.5 Å². The molecule has 0 saturated heterocycles. The number of hydrogen-bond acceptors (Lipinski definition) is 9. The molecule has 0 aliphatic rings. The average molecular weight is 617 g/mol. The van der Waals surface area contributed by atoms with E-state index in [-0.39, 0.29) is 11.7 Å². The number of hydrogen-bond donors (Lipinski definition) is 3. The van der Waals surface area contributed by atoms with E-state index in [9.17, 15) is 4.79 Å². The highest BCUT2D eigenvalue weighted by molar-refractivity contribution is 7.19. The van der Waals surface area contributed by atoms with Crippen LogP contribution in [0.2, 0.25) is 0 Å². The van der Waals surface area contributed by atoms with Crippen molar-refractivity contribution in [3.05, 3.63) is 132 Å². The molecule has 1 amide bonds. The molecule has 6 rings (SSSR count). The Kier molecular flexibility index (Phi) is 8.06. The van der Waals surface area contributed by atoms with Gasteiger partial charge in [-0.15, -0.1) is 0 Å². The molecule has 2 aromatic heterocycles. The molecule has 0 bridgehead atoms. The minimum absolute atomic E-state index is 0.239. The summed E-state index contributed by atoms with van der Waals surface area (Å²) in [6, 6.07) is 37.9. The topological polar surface area (TPSA) is 128 Å². The molecular formula is C35H32N6O3S. The molecule has 0 spiro atoms. The number of nitrogens with zero attached hydrogens (tertiary/aromatic N) is 3. The van der Waals surface area contributed by atoms with Crippen LogP contribution in [0.4, 0.5) is 21.4 Å². The summed E-state index contributed by atoms with van der Waals surface area (Å²) in [7, 11) is 0. The van der Waals surface area contributed by atoms with E-state index in [0.717, 1.165) is 16.7 Å². The summed E-state index contributed by atoms with van der Waals surface area (Å²) >= 11 is 1.33.